The van der Waals surface area contributed by atoms with Crippen LogP contribution in [0.5, 0.6) is 0 Å². The van der Waals surface area contributed by atoms with Crippen LogP contribution in [0, 0.1) is 12.3 Å². The Bertz CT molecular complexity index is 43.3. The van der Waals surface area contributed by atoms with Crippen molar-refractivity contribution >= 4 is 22.5 Å². The SMILES string of the molecule is C#CCS[S]. The Labute approximate surface area is 41.1 Å². The molecule has 0 amide bonds. The highest BCUT2D eigenvalue weighted by atomic mass is 33.1. The monoisotopic (exact) mass is 103 g/mol. The Morgan fingerprint density at radius 2 is 2.60 bits per heavy atom. The van der Waals surface area contributed by atoms with Crippen molar-refractivity contribution in [3.63, 3.8) is 0 Å². The van der Waals surface area contributed by atoms with E-state index in [2.05, 4.69) is 17.6 Å². The van der Waals surface area contributed by atoms with Gasteiger partial charge in [0.25, 0.3) is 0 Å². The third kappa shape index (κ3) is 4.26. The van der Waals surface area contributed by atoms with Gasteiger partial charge in [0.1, 0.15) is 0 Å². The van der Waals surface area contributed by atoms with E-state index in [1.807, 2.05) is 0 Å². The Kier molecular flexibility index (Phi) is 4.48. The standard InChI is InChI=1S/C3H3S2/c1-2-3-5-4/h1H,3H2. The zero-order valence-electron chi connectivity index (χ0n) is 2.60. The van der Waals surface area contributed by atoms with E-state index in [0.29, 0.717) is 5.75 Å². The van der Waals surface area contributed by atoms with E-state index >= 15 is 0 Å². The molecule has 2 heteroatoms. The van der Waals surface area contributed by atoms with E-state index in [9.17, 15) is 0 Å². The summed E-state index contributed by atoms with van der Waals surface area (Å²) in [7, 11) is 1.25. The predicted octanol–water partition coefficient (Wildman–Crippen LogP) is 1.47. The molecule has 0 N–H and O–H groups in total. The minimum atomic E-state index is 0.648. The minimum Gasteiger partial charge on any atom is -0.119 e. The Morgan fingerprint density at radius 3 is 2.60 bits per heavy atom. The summed E-state index contributed by atoms with van der Waals surface area (Å²) in [6.07, 6.45) is 4.80. The van der Waals surface area contributed by atoms with E-state index in [1.54, 1.807) is 0 Å². The molecule has 0 unspecified atom stereocenters. The van der Waals surface area contributed by atoms with Gasteiger partial charge in [-0.05, 0) is 11.7 Å². The molecule has 0 bridgehead atoms. The average molecular weight is 103 g/mol. The fourth-order valence-electron chi connectivity index (χ4n) is 0.0340. The largest absolute Gasteiger partial charge is 0.119 e. The van der Waals surface area contributed by atoms with Crippen LogP contribution in [0.1, 0.15) is 0 Å². The molecule has 0 aliphatic carbocycles. The Balaban J connectivity index is 2.48. The molecule has 0 aromatic rings. The highest BCUT2D eigenvalue weighted by molar-refractivity contribution is 8.68. The van der Waals surface area contributed by atoms with Crippen LogP contribution in [0.3, 0.4) is 0 Å². The molecule has 0 aromatic heterocycles. The van der Waals surface area contributed by atoms with Crippen molar-refractivity contribution in [2.75, 3.05) is 5.75 Å². The van der Waals surface area contributed by atoms with E-state index in [-0.39, 0.29) is 0 Å². The molecule has 0 rings (SSSR count). The molecule has 0 saturated carbocycles. The third-order valence-electron chi connectivity index (χ3n) is 0.142. The molecular weight excluding hydrogens is 100 g/mol. The lowest BCUT2D eigenvalue weighted by Gasteiger charge is -1.67. The number of hydrogen-bond donors (Lipinski definition) is 0. The van der Waals surface area contributed by atoms with Gasteiger partial charge in [-0.2, -0.15) is 0 Å². The fraction of sp³-hybridized carbons (Fsp3) is 0.333. The second-order valence-electron chi connectivity index (χ2n) is 0.466. The molecule has 0 aromatic carbocycles. The quantitative estimate of drug-likeness (QED) is 0.357. The van der Waals surface area contributed by atoms with Gasteiger partial charge in [-0.1, -0.05) is 16.7 Å². The third-order valence-corrected chi connectivity index (χ3v) is 0.780. The Hall–Kier alpha value is 0.260. The van der Waals surface area contributed by atoms with Crippen molar-refractivity contribution in [2.24, 2.45) is 0 Å². The summed E-state index contributed by atoms with van der Waals surface area (Å²) in [5, 5.41) is 0. The van der Waals surface area contributed by atoms with Crippen LogP contribution in [-0.2, 0) is 0 Å². The molecule has 0 spiro atoms. The number of hydrogen-bond acceptors (Lipinski definition) is 1. The van der Waals surface area contributed by atoms with E-state index in [4.69, 9.17) is 6.42 Å². The lowest BCUT2D eigenvalue weighted by Crippen LogP contribution is -1.54. The predicted molar refractivity (Wildman–Crippen MR) is 28.9 cm³/mol. The smallest absolute Gasteiger partial charge is 0.0657 e. The molecular formula is C3H3S2. The summed E-state index contributed by atoms with van der Waals surface area (Å²) in [4.78, 5) is 0. The lowest BCUT2D eigenvalue weighted by molar-refractivity contribution is 1.99. The first-order valence-electron chi connectivity index (χ1n) is 1.10. The van der Waals surface area contributed by atoms with Gasteiger partial charge in [0.2, 0.25) is 0 Å². The van der Waals surface area contributed by atoms with Crippen LogP contribution in [-0.4, -0.2) is 5.75 Å². The van der Waals surface area contributed by atoms with E-state index < -0.39 is 0 Å². The van der Waals surface area contributed by atoms with Crippen molar-refractivity contribution < 1.29 is 0 Å². The molecule has 5 heavy (non-hydrogen) atoms. The van der Waals surface area contributed by atoms with Crippen LogP contribution in [0.25, 0.3) is 0 Å². The van der Waals surface area contributed by atoms with E-state index in [1.165, 1.54) is 10.8 Å². The lowest BCUT2D eigenvalue weighted by atomic mass is 10.8. The highest BCUT2D eigenvalue weighted by Gasteiger charge is 1.63. The average Bonchev–Trinajstić information content (AvgIpc) is 1.41. The maximum atomic E-state index is 4.80. The first-order valence-corrected chi connectivity index (χ1v) is 3.01. The molecule has 1 radical (unpaired) electrons. The second-order valence-corrected chi connectivity index (χ2v) is 1.70. The van der Waals surface area contributed by atoms with Gasteiger partial charge in [-0.3, -0.25) is 0 Å². The fourth-order valence-corrected chi connectivity index (χ4v) is 0.306. The number of terminal acetylenes is 1. The van der Waals surface area contributed by atoms with Crippen molar-refractivity contribution in [1.82, 2.24) is 0 Å². The molecule has 0 aliphatic heterocycles. The topological polar surface area (TPSA) is 0 Å². The summed E-state index contributed by atoms with van der Waals surface area (Å²) in [6.45, 7) is 0. The zero-order valence-corrected chi connectivity index (χ0v) is 4.23. The minimum absolute atomic E-state index is 0.648. The molecule has 0 heterocycles. The normalized spacial score (nSPS) is 6.40. The maximum absolute atomic E-state index is 4.80. The molecule has 0 aliphatic rings. The van der Waals surface area contributed by atoms with Crippen LogP contribution < -0.4 is 0 Å². The van der Waals surface area contributed by atoms with Crippen LogP contribution in [0.4, 0.5) is 0 Å². The van der Waals surface area contributed by atoms with Gasteiger partial charge < -0.3 is 0 Å². The maximum Gasteiger partial charge on any atom is 0.0657 e. The summed E-state index contributed by atoms with van der Waals surface area (Å²) in [5.41, 5.74) is 0. The molecule has 0 fully saturated rings. The van der Waals surface area contributed by atoms with Gasteiger partial charge >= 0.3 is 0 Å². The first kappa shape index (κ1) is 5.26. The van der Waals surface area contributed by atoms with Gasteiger partial charge in [-0.15, -0.1) is 6.42 Å². The zero-order chi connectivity index (χ0) is 4.12. The van der Waals surface area contributed by atoms with Crippen LogP contribution in [0.15, 0.2) is 0 Å². The molecule has 0 nitrogen and oxygen atoms in total. The van der Waals surface area contributed by atoms with Crippen molar-refractivity contribution in [1.29, 1.82) is 0 Å². The van der Waals surface area contributed by atoms with E-state index in [0.717, 1.165) is 0 Å². The summed E-state index contributed by atoms with van der Waals surface area (Å²) in [6, 6.07) is 0. The summed E-state index contributed by atoms with van der Waals surface area (Å²) >= 11 is 4.43. The van der Waals surface area contributed by atoms with Crippen molar-refractivity contribution in [3.8, 4) is 12.3 Å². The van der Waals surface area contributed by atoms with Crippen molar-refractivity contribution in [2.45, 2.75) is 0 Å². The van der Waals surface area contributed by atoms with Crippen LogP contribution in [0.2, 0.25) is 0 Å². The first-order chi connectivity index (χ1) is 2.41. The van der Waals surface area contributed by atoms with Crippen molar-refractivity contribution in [3.05, 3.63) is 0 Å². The molecule has 27 valence electrons. The van der Waals surface area contributed by atoms with Gasteiger partial charge in [0.15, 0.2) is 0 Å². The second kappa shape index (κ2) is 4.26. The molecule has 0 saturated heterocycles. The van der Waals surface area contributed by atoms with Gasteiger partial charge in [-0.25, -0.2) is 0 Å². The van der Waals surface area contributed by atoms with Gasteiger partial charge in [0, 0.05) is 0 Å². The van der Waals surface area contributed by atoms with Gasteiger partial charge in [0.05, 0.1) is 5.75 Å². The molecule has 0 atom stereocenters. The Morgan fingerprint density at radius 1 is 2.00 bits per heavy atom. The van der Waals surface area contributed by atoms with Crippen LogP contribution >= 0.6 is 22.5 Å². The number of rotatable bonds is 1. The summed E-state index contributed by atoms with van der Waals surface area (Å²) in [5.74, 6) is 3.02. The summed E-state index contributed by atoms with van der Waals surface area (Å²) < 4.78 is 0. The highest BCUT2D eigenvalue weighted by Crippen LogP contribution is 2.00.